The van der Waals surface area contributed by atoms with Crippen LogP contribution in [-0.2, 0) is 9.53 Å². The average molecular weight is 399 g/mol. The van der Waals surface area contributed by atoms with Gasteiger partial charge in [0.2, 0.25) is 5.91 Å². The van der Waals surface area contributed by atoms with Crippen LogP contribution in [0.25, 0.3) is 0 Å². The van der Waals surface area contributed by atoms with Gasteiger partial charge in [-0.3, -0.25) is 9.59 Å². The largest absolute Gasteiger partial charge is 0.491 e. The summed E-state index contributed by atoms with van der Waals surface area (Å²) in [6, 6.07) is 14.2. The van der Waals surface area contributed by atoms with Crippen LogP contribution >= 0.6 is 0 Å². The van der Waals surface area contributed by atoms with E-state index in [0.29, 0.717) is 30.2 Å². The Bertz CT molecular complexity index is 831. The summed E-state index contributed by atoms with van der Waals surface area (Å²) in [5, 5.41) is 8.76. The van der Waals surface area contributed by atoms with Gasteiger partial charge in [-0.2, -0.15) is 0 Å². The van der Waals surface area contributed by atoms with Crippen LogP contribution in [0, 0.1) is 0 Å². The Labute approximate surface area is 171 Å². The number of benzene rings is 2. The lowest BCUT2D eigenvalue weighted by molar-refractivity contribution is -0.114. The Hall–Kier alpha value is -3.06. The van der Waals surface area contributed by atoms with E-state index in [0.717, 1.165) is 5.69 Å². The lowest BCUT2D eigenvalue weighted by atomic mass is 10.1. The van der Waals surface area contributed by atoms with Crippen molar-refractivity contribution in [3.8, 4) is 5.75 Å². The Morgan fingerprint density at radius 3 is 2.41 bits per heavy atom. The maximum absolute atomic E-state index is 12.3. The highest BCUT2D eigenvalue weighted by molar-refractivity contribution is 5.98. The fourth-order valence-corrected chi connectivity index (χ4v) is 2.48. The molecule has 2 aromatic carbocycles. The molecule has 0 unspecified atom stereocenters. The molecular weight excluding hydrogens is 370 g/mol. The second-order valence-electron chi connectivity index (χ2n) is 7.56. The normalized spacial score (nSPS) is 10.9. The van der Waals surface area contributed by atoms with Gasteiger partial charge in [0.05, 0.1) is 13.2 Å². The number of hydrogen-bond donors (Lipinski definition) is 3. The second-order valence-corrected chi connectivity index (χ2v) is 7.56. The number of carbonyl (C=O) groups is 2. The third-order valence-corrected chi connectivity index (χ3v) is 3.74. The molecule has 3 N–H and O–H groups in total. The quantitative estimate of drug-likeness (QED) is 0.563. The van der Waals surface area contributed by atoms with Crippen LogP contribution in [0.3, 0.4) is 0 Å². The Kier molecular flexibility index (Phi) is 8.03. The number of carbonyl (C=O) groups excluding carboxylic acids is 2. The van der Waals surface area contributed by atoms with Crippen molar-refractivity contribution in [2.24, 2.45) is 0 Å². The monoisotopic (exact) mass is 399 g/mol. The third-order valence-electron chi connectivity index (χ3n) is 3.74. The minimum Gasteiger partial charge on any atom is -0.491 e. The van der Waals surface area contributed by atoms with Crippen molar-refractivity contribution >= 4 is 23.2 Å². The van der Waals surface area contributed by atoms with E-state index >= 15 is 0 Å². The maximum Gasteiger partial charge on any atom is 0.251 e. The minimum absolute atomic E-state index is 0.0833. The summed E-state index contributed by atoms with van der Waals surface area (Å²) in [6.45, 7) is 6.80. The summed E-state index contributed by atoms with van der Waals surface area (Å²) < 4.78 is 10.5. The van der Waals surface area contributed by atoms with Gasteiger partial charge in [-0.15, -0.1) is 0 Å². The number of amides is 2. The van der Waals surface area contributed by atoms with Crippen molar-refractivity contribution in [2.75, 3.05) is 37.5 Å². The lowest BCUT2D eigenvalue weighted by Gasteiger charge is -2.20. The summed E-state index contributed by atoms with van der Waals surface area (Å²) in [5.74, 6) is 0.297. The zero-order chi connectivity index (χ0) is 21.3. The first-order valence-electron chi connectivity index (χ1n) is 9.45. The Balaban J connectivity index is 1.89. The van der Waals surface area contributed by atoms with E-state index < -0.39 is 0 Å². The van der Waals surface area contributed by atoms with Gasteiger partial charge in [0.15, 0.2) is 0 Å². The summed E-state index contributed by atoms with van der Waals surface area (Å²) in [6.07, 6.45) is 0. The van der Waals surface area contributed by atoms with Crippen molar-refractivity contribution in [3.05, 3.63) is 54.1 Å². The van der Waals surface area contributed by atoms with Crippen molar-refractivity contribution in [2.45, 2.75) is 26.3 Å². The van der Waals surface area contributed by atoms with E-state index in [4.69, 9.17) is 9.47 Å². The van der Waals surface area contributed by atoms with Crippen molar-refractivity contribution in [3.63, 3.8) is 0 Å². The molecule has 0 saturated heterocycles. The first kappa shape index (κ1) is 22.2. The van der Waals surface area contributed by atoms with Gasteiger partial charge < -0.3 is 25.4 Å². The number of anilines is 2. The van der Waals surface area contributed by atoms with Gasteiger partial charge in [-0.1, -0.05) is 12.1 Å². The fourth-order valence-electron chi connectivity index (χ4n) is 2.48. The summed E-state index contributed by atoms with van der Waals surface area (Å²) >= 11 is 0. The lowest BCUT2D eigenvalue weighted by Crippen LogP contribution is -2.40. The highest BCUT2D eigenvalue weighted by atomic mass is 16.5. The molecule has 0 fully saturated rings. The molecule has 0 aliphatic carbocycles. The van der Waals surface area contributed by atoms with Crippen LogP contribution in [-0.4, -0.2) is 44.2 Å². The molecule has 0 heterocycles. The van der Waals surface area contributed by atoms with Crippen LogP contribution in [0.15, 0.2) is 48.5 Å². The zero-order valence-electron chi connectivity index (χ0n) is 17.4. The molecule has 0 aliphatic rings. The van der Waals surface area contributed by atoms with Crippen LogP contribution in [0.5, 0.6) is 5.75 Å². The number of rotatable bonds is 9. The predicted octanol–water partition coefficient (Wildman–Crippen LogP) is 3.29. The molecule has 0 spiro atoms. The summed E-state index contributed by atoms with van der Waals surface area (Å²) in [7, 11) is 1.62. The molecule has 7 heteroatoms. The molecule has 0 atom stereocenters. The average Bonchev–Trinajstić information content (AvgIpc) is 2.66. The highest BCUT2D eigenvalue weighted by Gasteiger charge is 2.15. The van der Waals surface area contributed by atoms with Gasteiger partial charge >= 0.3 is 0 Å². The van der Waals surface area contributed by atoms with Crippen LogP contribution in [0.2, 0.25) is 0 Å². The Morgan fingerprint density at radius 2 is 1.69 bits per heavy atom. The summed E-state index contributed by atoms with van der Waals surface area (Å²) in [4.78, 5) is 24.5. The van der Waals surface area contributed by atoms with E-state index in [9.17, 15) is 9.59 Å². The van der Waals surface area contributed by atoms with E-state index in [1.807, 2.05) is 45.0 Å². The fraction of sp³-hybridized carbons (Fsp3) is 0.364. The molecule has 0 radical (unpaired) electrons. The topological polar surface area (TPSA) is 88.7 Å². The minimum atomic E-state index is -0.331. The smallest absolute Gasteiger partial charge is 0.251 e. The van der Waals surface area contributed by atoms with E-state index in [1.54, 1.807) is 31.4 Å². The van der Waals surface area contributed by atoms with E-state index in [1.165, 1.54) is 0 Å². The molecule has 0 saturated carbocycles. The van der Waals surface area contributed by atoms with Gasteiger partial charge in [-0.25, -0.2) is 0 Å². The standard InChI is InChI=1S/C22H29N3O4/c1-22(2,3)25-21(27)16-7-5-9-18(13-16)24-20(26)15-23-17-8-6-10-19(14-17)29-12-11-28-4/h5-10,13-14,23H,11-12,15H2,1-4H3,(H,24,26)(H,25,27). The predicted molar refractivity (Wildman–Crippen MR) is 115 cm³/mol. The van der Waals surface area contributed by atoms with Crippen LogP contribution in [0.4, 0.5) is 11.4 Å². The number of hydrogen-bond acceptors (Lipinski definition) is 5. The first-order chi connectivity index (χ1) is 13.8. The SMILES string of the molecule is COCCOc1cccc(NCC(=O)Nc2cccc(C(=O)NC(C)(C)C)c2)c1. The van der Waals surface area contributed by atoms with E-state index in [2.05, 4.69) is 16.0 Å². The third kappa shape index (κ3) is 8.23. The molecule has 2 aromatic rings. The highest BCUT2D eigenvalue weighted by Crippen LogP contribution is 2.17. The number of nitrogens with one attached hydrogen (secondary N) is 3. The molecular formula is C22H29N3O4. The maximum atomic E-state index is 12.3. The molecule has 29 heavy (non-hydrogen) atoms. The zero-order valence-corrected chi connectivity index (χ0v) is 17.4. The van der Waals surface area contributed by atoms with Crippen LogP contribution in [0.1, 0.15) is 31.1 Å². The first-order valence-corrected chi connectivity index (χ1v) is 9.45. The number of methoxy groups -OCH3 is 1. The van der Waals surface area contributed by atoms with Crippen LogP contribution < -0.4 is 20.7 Å². The molecule has 156 valence electrons. The van der Waals surface area contributed by atoms with Gasteiger partial charge in [-0.05, 0) is 51.1 Å². The molecule has 0 aliphatic heterocycles. The molecule has 7 nitrogen and oxygen atoms in total. The van der Waals surface area contributed by atoms with E-state index in [-0.39, 0.29) is 23.9 Å². The molecule has 2 rings (SSSR count). The molecule has 2 amide bonds. The second kappa shape index (κ2) is 10.5. The van der Waals surface area contributed by atoms with Crippen molar-refractivity contribution in [1.29, 1.82) is 0 Å². The van der Waals surface area contributed by atoms with Gasteiger partial charge in [0, 0.05) is 35.7 Å². The molecule has 0 bridgehead atoms. The van der Waals surface area contributed by atoms with Gasteiger partial charge in [0.25, 0.3) is 5.91 Å². The molecule has 0 aromatic heterocycles. The Morgan fingerprint density at radius 1 is 0.966 bits per heavy atom. The summed E-state index contributed by atoms with van der Waals surface area (Å²) in [5.41, 5.74) is 1.50. The number of ether oxygens (including phenoxy) is 2. The van der Waals surface area contributed by atoms with Gasteiger partial charge in [0.1, 0.15) is 12.4 Å². The van der Waals surface area contributed by atoms with Crippen molar-refractivity contribution in [1.82, 2.24) is 5.32 Å². The van der Waals surface area contributed by atoms with Crippen molar-refractivity contribution < 1.29 is 19.1 Å².